The third kappa shape index (κ3) is 10.5. The van der Waals surface area contributed by atoms with Crippen molar-refractivity contribution in [1.29, 1.82) is 0 Å². The molecule has 0 unspecified atom stereocenters. The average molecular weight is 425 g/mol. The van der Waals surface area contributed by atoms with E-state index in [4.69, 9.17) is 16.0 Å². The van der Waals surface area contributed by atoms with Gasteiger partial charge in [0.15, 0.2) is 0 Å². The molecule has 6 N–H and O–H groups in total. The number of aryl methyl sites for hydroxylation is 1. The van der Waals surface area contributed by atoms with Gasteiger partial charge in [0, 0.05) is 0 Å². The molecule has 29 heavy (non-hydrogen) atoms. The second kappa shape index (κ2) is 11.4. The fourth-order valence-electron chi connectivity index (χ4n) is 2.24. The predicted molar refractivity (Wildman–Crippen MR) is 119 cm³/mol. The van der Waals surface area contributed by atoms with E-state index in [1.165, 1.54) is 19.1 Å². The molecule has 0 radical (unpaired) electrons. The van der Waals surface area contributed by atoms with Gasteiger partial charge in [0.05, 0.1) is 10.6 Å². The topological polar surface area (TPSA) is 151 Å². The van der Waals surface area contributed by atoms with E-state index in [-0.39, 0.29) is 22.5 Å². The third-order valence-corrected chi connectivity index (χ3v) is 4.37. The molecule has 0 aliphatic rings. The Morgan fingerprint density at radius 2 is 1.52 bits per heavy atom. The molecule has 162 valence electrons. The maximum atomic E-state index is 11.0. The lowest BCUT2D eigenvalue weighted by atomic mass is 10.0. The van der Waals surface area contributed by atoms with Crippen LogP contribution in [0.15, 0.2) is 50.5 Å². The number of rotatable bonds is 5. The Balaban J connectivity index is 0.000000543. The molecule has 0 aliphatic carbocycles. The van der Waals surface area contributed by atoms with Crippen molar-refractivity contribution < 1.29 is 18.1 Å². The molecule has 0 bridgehead atoms. The zero-order valence-corrected chi connectivity index (χ0v) is 18.9. The highest BCUT2D eigenvalue weighted by molar-refractivity contribution is 7.85. The number of aromatic hydroxyl groups is 1. The van der Waals surface area contributed by atoms with Crippen molar-refractivity contribution in [3.8, 4) is 5.75 Å². The number of benzene rings is 1. The summed E-state index contributed by atoms with van der Waals surface area (Å²) in [5, 5.41) is 17.1. The third-order valence-electron chi connectivity index (χ3n) is 3.38. The largest absolute Gasteiger partial charge is 0.508 e. The first-order chi connectivity index (χ1) is 13.1. The number of guanidine groups is 1. The molecule has 1 aromatic rings. The van der Waals surface area contributed by atoms with Crippen LogP contribution in [0, 0.1) is 6.92 Å². The van der Waals surface area contributed by atoms with Gasteiger partial charge in [-0.1, -0.05) is 25.0 Å². The van der Waals surface area contributed by atoms with Crippen LogP contribution < -0.4 is 11.5 Å². The van der Waals surface area contributed by atoms with Crippen LogP contribution in [0.2, 0.25) is 0 Å². The molecule has 0 aliphatic heterocycles. The summed E-state index contributed by atoms with van der Waals surface area (Å²) in [5.41, 5.74) is 14.2. The number of phenols is 1. The van der Waals surface area contributed by atoms with Crippen molar-refractivity contribution >= 4 is 21.8 Å². The lowest BCUT2D eigenvalue weighted by Gasteiger charge is -2.11. The quantitative estimate of drug-likeness (QED) is 0.245. The summed E-state index contributed by atoms with van der Waals surface area (Å²) in [5.74, 6) is 0.00723. The number of hydrogen-bond donors (Lipinski definition) is 4. The lowest BCUT2D eigenvalue weighted by molar-refractivity contribution is 0.461. The Morgan fingerprint density at radius 1 is 1.03 bits per heavy atom. The highest BCUT2D eigenvalue weighted by Gasteiger charge is 2.17. The fourth-order valence-corrected chi connectivity index (χ4v) is 2.98. The highest BCUT2D eigenvalue weighted by Crippen LogP contribution is 2.30. The lowest BCUT2D eigenvalue weighted by Crippen LogP contribution is -2.22. The summed E-state index contributed by atoms with van der Waals surface area (Å²) >= 11 is 0. The maximum Gasteiger partial charge on any atom is 0.294 e. The first-order valence-electron chi connectivity index (χ1n) is 8.92. The van der Waals surface area contributed by atoms with Gasteiger partial charge in [0.2, 0.25) is 5.96 Å². The van der Waals surface area contributed by atoms with E-state index < -0.39 is 10.1 Å². The molecule has 0 atom stereocenters. The van der Waals surface area contributed by atoms with Crippen molar-refractivity contribution in [2.24, 2.45) is 21.7 Å². The maximum absolute atomic E-state index is 11.0. The summed E-state index contributed by atoms with van der Waals surface area (Å²) in [6.45, 7) is 13.1. The number of allylic oxidation sites excluding steroid dienone is 4. The van der Waals surface area contributed by atoms with Crippen LogP contribution in [-0.2, 0) is 10.1 Å². The minimum absolute atomic E-state index is 0.00824. The van der Waals surface area contributed by atoms with Gasteiger partial charge in [-0.2, -0.15) is 8.42 Å². The fraction of sp³-hybridized carbons (Fsp3) is 0.400. The molecule has 8 nitrogen and oxygen atoms in total. The van der Waals surface area contributed by atoms with Gasteiger partial charge in [-0.3, -0.25) is 4.55 Å². The van der Waals surface area contributed by atoms with E-state index in [1.807, 2.05) is 53.7 Å². The van der Waals surface area contributed by atoms with Gasteiger partial charge in [-0.05, 0) is 75.9 Å². The van der Waals surface area contributed by atoms with E-state index in [0.717, 1.165) is 16.9 Å². The molecule has 0 heterocycles. The van der Waals surface area contributed by atoms with Crippen LogP contribution in [-0.4, -0.2) is 29.7 Å². The van der Waals surface area contributed by atoms with Gasteiger partial charge < -0.3 is 16.6 Å². The van der Waals surface area contributed by atoms with Crippen molar-refractivity contribution in [3.05, 3.63) is 46.6 Å². The van der Waals surface area contributed by atoms with Crippen LogP contribution in [0.4, 0.5) is 0 Å². The summed E-state index contributed by atoms with van der Waals surface area (Å²) in [6.07, 6.45) is 3.83. The summed E-state index contributed by atoms with van der Waals surface area (Å²) in [4.78, 5) is -0.149. The first-order valence-corrected chi connectivity index (χ1v) is 10.4. The number of nitrogens with two attached hydrogens (primary N) is 2. The molecule has 1 rings (SSSR count). The van der Waals surface area contributed by atoms with Gasteiger partial charge in [-0.15, -0.1) is 10.2 Å². The zero-order chi connectivity index (χ0) is 22.9. The summed E-state index contributed by atoms with van der Waals surface area (Å²) in [6, 6.07) is 2.66. The minimum Gasteiger partial charge on any atom is -0.508 e. The van der Waals surface area contributed by atoms with Gasteiger partial charge in [0.1, 0.15) is 5.75 Å². The number of hydrogen-bond acceptors (Lipinski definition) is 5. The summed E-state index contributed by atoms with van der Waals surface area (Å²) in [7, 11) is -4.22. The van der Waals surface area contributed by atoms with E-state index in [9.17, 15) is 13.5 Å². The van der Waals surface area contributed by atoms with Crippen LogP contribution in [0.25, 0.3) is 0 Å². The molecule has 1 aromatic carbocycles. The Kier molecular flexibility index (Phi) is 10.3. The Bertz CT molecular complexity index is 911. The molecule has 0 saturated heterocycles. The number of phenolic OH excluding ortho intramolecular Hbond substituents is 1. The normalized spacial score (nSPS) is 10.4. The molecule has 0 amide bonds. The molecule has 0 spiro atoms. The van der Waals surface area contributed by atoms with E-state index in [1.54, 1.807) is 0 Å². The van der Waals surface area contributed by atoms with Gasteiger partial charge in [0.25, 0.3) is 10.1 Å². The molecular formula is C20H32N4O4S. The van der Waals surface area contributed by atoms with Crippen LogP contribution in [0.1, 0.15) is 58.6 Å². The second-order valence-corrected chi connectivity index (χ2v) is 8.69. The zero-order valence-electron chi connectivity index (χ0n) is 18.1. The Labute approximate surface area is 173 Å². The molecule has 0 saturated carbocycles. The SMILES string of the molecule is CC(C)=CC(C=C(C)C)=NN=C(N)N.Cc1cc(O)c(C(C)C)cc1S(=O)(=O)O. The van der Waals surface area contributed by atoms with Crippen LogP contribution in [0.5, 0.6) is 5.75 Å². The molecule has 9 heteroatoms. The standard InChI is InChI=1S/C10H18N4.C10H14O4S/c1-7(2)5-9(6-8(3)4)13-14-10(11)12;1-6(2)8-5-10(15(12,13)14)7(3)4-9(8)11/h5-6H,1-4H3,(H4,11,12,14);4-6,11H,1-3H3,(H,12,13,14). The van der Waals surface area contributed by atoms with Crippen LogP contribution >= 0.6 is 0 Å². The van der Waals surface area contributed by atoms with Crippen molar-refractivity contribution in [3.63, 3.8) is 0 Å². The monoisotopic (exact) mass is 424 g/mol. The Morgan fingerprint density at radius 3 is 1.86 bits per heavy atom. The van der Waals surface area contributed by atoms with E-state index in [0.29, 0.717) is 11.1 Å². The molecular weight excluding hydrogens is 392 g/mol. The number of nitrogens with zero attached hydrogens (tertiary/aromatic N) is 2. The van der Waals surface area contributed by atoms with Crippen molar-refractivity contribution in [1.82, 2.24) is 0 Å². The first kappa shape index (κ1) is 26.4. The summed E-state index contributed by atoms with van der Waals surface area (Å²) < 4.78 is 31.0. The van der Waals surface area contributed by atoms with Crippen molar-refractivity contribution in [2.75, 3.05) is 0 Å². The van der Waals surface area contributed by atoms with E-state index >= 15 is 0 Å². The van der Waals surface area contributed by atoms with E-state index in [2.05, 4.69) is 10.2 Å². The smallest absolute Gasteiger partial charge is 0.294 e. The molecule has 0 aromatic heterocycles. The van der Waals surface area contributed by atoms with Gasteiger partial charge in [-0.25, -0.2) is 0 Å². The highest BCUT2D eigenvalue weighted by atomic mass is 32.2. The van der Waals surface area contributed by atoms with Crippen LogP contribution in [0.3, 0.4) is 0 Å². The second-order valence-electron chi connectivity index (χ2n) is 7.30. The van der Waals surface area contributed by atoms with Crippen molar-refractivity contribution in [2.45, 2.75) is 59.3 Å². The van der Waals surface area contributed by atoms with Gasteiger partial charge >= 0.3 is 0 Å². The minimum atomic E-state index is -4.22. The Hall–Kier alpha value is -2.65. The molecule has 0 fully saturated rings. The average Bonchev–Trinajstić information content (AvgIpc) is 2.50. The predicted octanol–water partition coefficient (Wildman–Crippen LogP) is 3.62.